The highest BCUT2D eigenvalue weighted by atomic mass is 16.5. The van der Waals surface area contributed by atoms with E-state index in [2.05, 4.69) is 19.1 Å². The Morgan fingerprint density at radius 2 is 2.19 bits per heavy atom. The first-order chi connectivity index (χ1) is 7.66. The van der Waals surface area contributed by atoms with E-state index in [0.29, 0.717) is 0 Å². The monoisotopic (exact) mass is 217 g/mol. The zero-order chi connectivity index (χ0) is 11.2. The largest absolute Gasteiger partial charge is 0.493 e. The zero-order valence-electron chi connectivity index (χ0n) is 9.88. The third-order valence-corrected chi connectivity index (χ3v) is 3.83. The molecule has 2 nitrogen and oxygen atoms in total. The molecule has 3 rings (SSSR count). The fraction of sp³-hybridized carbons (Fsp3) is 0.571. The number of rotatable bonds is 3. The smallest absolute Gasteiger partial charge is 0.125 e. The Morgan fingerprint density at radius 1 is 1.38 bits per heavy atom. The lowest BCUT2D eigenvalue weighted by atomic mass is 9.99. The van der Waals surface area contributed by atoms with Gasteiger partial charge < -0.3 is 10.5 Å². The predicted molar refractivity (Wildman–Crippen MR) is 64.9 cm³/mol. The lowest BCUT2D eigenvalue weighted by molar-refractivity contribution is 0.354. The molecule has 0 saturated heterocycles. The summed E-state index contributed by atoms with van der Waals surface area (Å²) < 4.78 is 5.62. The molecule has 1 fully saturated rings. The fourth-order valence-corrected chi connectivity index (χ4v) is 2.53. The van der Waals surface area contributed by atoms with E-state index in [-0.39, 0.29) is 5.54 Å². The van der Waals surface area contributed by atoms with Gasteiger partial charge in [0, 0.05) is 12.0 Å². The molecule has 2 N–H and O–H groups in total. The zero-order valence-corrected chi connectivity index (χ0v) is 9.88. The SMILES string of the molecule is Cc1cc(CCC2(N)CC2)cc2c1OCC2. The van der Waals surface area contributed by atoms with Gasteiger partial charge in [0.1, 0.15) is 5.75 Å². The van der Waals surface area contributed by atoms with Crippen LogP contribution < -0.4 is 10.5 Å². The highest BCUT2D eigenvalue weighted by Gasteiger charge is 2.37. The maximum Gasteiger partial charge on any atom is 0.125 e. The van der Waals surface area contributed by atoms with Crippen molar-refractivity contribution in [2.24, 2.45) is 5.73 Å². The molecule has 1 aliphatic heterocycles. The van der Waals surface area contributed by atoms with E-state index in [9.17, 15) is 0 Å². The lowest BCUT2D eigenvalue weighted by Crippen LogP contribution is -2.22. The minimum absolute atomic E-state index is 0.170. The van der Waals surface area contributed by atoms with Crippen molar-refractivity contribution in [3.8, 4) is 5.75 Å². The second-order valence-electron chi connectivity index (χ2n) is 5.36. The van der Waals surface area contributed by atoms with Crippen LogP contribution in [0.4, 0.5) is 0 Å². The molecule has 1 aromatic rings. The molecule has 2 aliphatic rings. The van der Waals surface area contributed by atoms with Crippen molar-refractivity contribution >= 4 is 0 Å². The van der Waals surface area contributed by atoms with E-state index in [4.69, 9.17) is 10.5 Å². The number of hydrogen-bond donors (Lipinski definition) is 1. The first kappa shape index (κ1) is 10.2. The Morgan fingerprint density at radius 3 is 2.94 bits per heavy atom. The normalized spacial score (nSPS) is 20.4. The maximum absolute atomic E-state index is 6.12. The highest BCUT2D eigenvalue weighted by Crippen LogP contribution is 2.37. The van der Waals surface area contributed by atoms with Crippen LogP contribution in [0.5, 0.6) is 5.75 Å². The molecule has 86 valence electrons. The molecule has 0 unspecified atom stereocenters. The van der Waals surface area contributed by atoms with Crippen LogP contribution in [0.3, 0.4) is 0 Å². The summed E-state index contributed by atoms with van der Waals surface area (Å²) in [5.41, 5.74) is 10.4. The van der Waals surface area contributed by atoms with Crippen LogP contribution in [0.25, 0.3) is 0 Å². The van der Waals surface area contributed by atoms with E-state index in [1.807, 2.05) is 0 Å². The van der Waals surface area contributed by atoms with Gasteiger partial charge in [0.2, 0.25) is 0 Å². The van der Waals surface area contributed by atoms with E-state index in [1.54, 1.807) is 0 Å². The Balaban J connectivity index is 1.77. The van der Waals surface area contributed by atoms with Crippen LogP contribution in [-0.4, -0.2) is 12.1 Å². The first-order valence-electron chi connectivity index (χ1n) is 6.20. The number of fused-ring (bicyclic) bond motifs is 1. The standard InChI is InChI=1S/C14H19NO/c1-10-8-11(2-4-14(15)5-6-14)9-12-3-7-16-13(10)12/h8-9H,2-7,15H2,1H3. The minimum atomic E-state index is 0.170. The molecule has 1 saturated carbocycles. The Bertz CT molecular complexity index is 421. The van der Waals surface area contributed by atoms with Gasteiger partial charge >= 0.3 is 0 Å². The van der Waals surface area contributed by atoms with Crippen LogP contribution in [0.1, 0.15) is 36.0 Å². The van der Waals surface area contributed by atoms with Gasteiger partial charge in [-0.25, -0.2) is 0 Å². The predicted octanol–water partition coefficient (Wildman–Crippen LogP) is 2.35. The Labute approximate surface area is 96.8 Å². The number of nitrogens with two attached hydrogens (primary N) is 1. The van der Waals surface area contributed by atoms with E-state index >= 15 is 0 Å². The highest BCUT2D eigenvalue weighted by molar-refractivity contribution is 5.46. The molecule has 0 amide bonds. The van der Waals surface area contributed by atoms with Crippen LogP contribution in [-0.2, 0) is 12.8 Å². The number of hydrogen-bond acceptors (Lipinski definition) is 2. The summed E-state index contributed by atoms with van der Waals surface area (Å²) in [4.78, 5) is 0. The fourth-order valence-electron chi connectivity index (χ4n) is 2.53. The molecule has 1 heterocycles. The third kappa shape index (κ3) is 1.82. The first-order valence-corrected chi connectivity index (χ1v) is 6.20. The van der Waals surface area contributed by atoms with Crippen LogP contribution in [0.2, 0.25) is 0 Å². The topological polar surface area (TPSA) is 35.2 Å². The summed E-state index contributed by atoms with van der Waals surface area (Å²) in [6.07, 6.45) is 5.73. The summed E-state index contributed by atoms with van der Waals surface area (Å²) in [7, 11) is 0. The molecule has 0 aromatic heterocycles. The van der Waals surface area contributed by atoms with Crippen molar-refractivity contribution in [2.75, 3.05) is 6.61 Å². The van der Waals surface area contributed by atoms with Gasteiger partial charge in [-0.15, -0.1) is 0 Å². The number of benzene rings is 1. The average molecular weight is 217 g/mol. The number of aryl methyl sites for hydroxylation is 2. The van der Waals surface area contributed by atoms with Crippen molar-refractivity contribution in [1.82, 2.24) is 0 Å². The summed E-state index contributed by atoms with van der Waals surface area (Å²) >= 11 is 0. The number of ether oxygens (including phenoxy) is 1. The van der Waals surface area contributed by atoms with Gasteiger partial charge in [0.25, 0.3) is 0 Å². The van der Waals surface area contributed by atoms with Gasteiger partial charge in [-0.3, -0.25) is 0 Å². The van der Waals surface area contributed by atoms with Gasteiger partial charge in [-0.1, -0.05) is 12.1 Å². The van der Waals surface area contributed by atoms with Gasteiger partial charge in [-0.05, 0) is 49.3 Å². The van der Waals surface area contributed by atoms with Gasteiger partial charge in [0.15, 0.2) is 0 Å². The summed E-state index contributed by atoms with van der Waals surface area (Å²) in [5.74, 6) is 1.12. The van der Waals surface area contributed by atoms with Crippen LogP contribution >= 0.6 is 0 Å². The van der Waals surface area contributed by atoms with E-state index in [0.717, 1.165) is 31.6 Å². The van der Waals surface area contributed by atoms with Crippen molar-refractivity contribution in [3.63, 3.8) is 0 Å². The molecule has 2 heteroatoms. The maximum atomic E-state index is 6.12. The molecular formula is C14H19NO. The molecule has 0 radical (unpaired) electrons. The summed E-state index contributed by atoms with van der Waals surface area (Å²) in [6.45, 7) is 2.99. The molecule has 0 atom stereocenters. The van der Waals surface area contributed by atoms with Crippen LogP contribution in [0, 0.1) is 6.92 Å². The van der Waals surface area contributed by atoms with Gasteiger partial charge in [-0.2, -0.15) is 0 Å². The second-order valence-corrected chi connectivity index (χ2v) is 5.36. The molecule has 0 bridgehead atoms. The molecule has 16 heavy (non-hydrogen) atoms. The van der Waals surface area contributed by atoms with Crippen molar-refractivity contribution in [2.45, 2.75) is 44.6 Å². The summed E-state index contributed by atoms with van der Waals surface area (Å²) in [6, 6.07) is 4.57. The Hall–Kier alpha value is -1.02. The van der Waals surface area contributed by atoms with E-state index in [1.165, 1.54) is 29.5 Å². The quantitative estimate of drug-likeness (QED) is 0.843. The third-order valence-electron chi connectivity index (χ3n) is 3.83. The average Bonchev–Trinajstić information content (AvgIpc) is 2.79. The van der Waals surface area contributed by atoms with Gasteiger partial charge in [0.05, 0.1) is 6.61 Å². The second kappa shape index (κ2) is 3.49. The van der Waals surface area contributed by atoms with Crippen LogP contribution in [0.15, 0.2) is 12.1 Å². The molecular weight excluding hydrogens is 198 g/mol. The molecule has 1 aromatic carbocycles. The van der Waals surface area contributed by atoms with Crippen molar-refractivity contribution < 1.29 is 4.74 Å². The molecule has 1 aliphatic carbocycles. The minimum Gasteiger partial charge on any atom is -0.493 e. The Kier molecular flexibility index (Phi) is 2.21. The summed E-state index contributed by atoms with van der Waals surface area (Å²) in [5, 5.41) is 0. The molecule has 0 spiro atoms. The van der Waals surface area contributed by atoms with E-state index < -0.39 is 0 Å². The van der Waals surface area contributed by atoms with Crippen molar-refractivity contribution in [3.05, 3.63) is 28.8 Å². The lowest BCUT2D eigenvalue weighted by Gasteiger charge is -2.11. The van der Waals surface area contributed by atoms with Crippen molar-refractivity contribution in [1.29, 1.82) is 0 Å².